The molecule has 0 saturated heterocycles. The zero-order chi connectivity index (χ0) is 13.6. The lowest BCUT2D eigenvalue weighted by atomic mass is 10.2. The van der Waals surface area contributed by atoms with E-state index in [0.29, 0.717) is 16.4 Å². The molecule has 0 fully saturated rings. The number of fused-ring (bicyclic) bond motifs is 1. The summed E-state index contributed by atoms with van der Waals surface area (Å²) in [5.74, 6) is 0.136. The van der Waals surface area contributed by atoms with Crippen LogP contribution in [-0.2, 0) is 0 Å². The summed E-state index contributed by atoms with van der Waals surface area (Å²) < 4.78 is 14.8. The van der Waals surface area contributed by atoms with Gasteiger partial charge in [0.25, 0.3) is 0 Å². The minimum absolute atomic E-state index is 0.347. The van der Waals surface area contributed by atoms with Crippen LogP contribution in [0.15, 0.2) is 34.8 Å². The maximum absolute atomic E-state index is 13.8. The second kappa shape index (κ2) is 4.62. The lowest BCUT2D eigenvalue weighted by molar-refractivity contribution is 0.630. The number of nitrogens with one attached hydrogen (secondary N) is 1. The molecule has 2 aromatic carbocycles. The largest absolute Gasteiger partial charge is 0.338 e. The Balaban J connectivity index is 2.26. The Labute approximate surface area is 122 Å². The number of nitrogens with zero attached hydrogens (tertiary/aromatic N) is 1. The molecule has 5 heteroatoms. The van der Waals surface area contributed by atoms with Gasteiger partial charge in [0.1, 0.15) is 11.6 Å². The van der Waals surface area contributed by atoms with E-state index in [2.05, 4.69) is 25.9 Å². The summed E-state index contributed by atoms with van der Waals surface area (Å²) >= 11 is 9.34. The molecule has 0 radical (unpaired) electrons. The smallest absolute Gasteiger partial charge is 0.141 e. The van der Waals surface area contributed by atoms with Gasteiger partial charge in [0, 0.05) is 9.50 Å². The Bertz CT molecular complexity index is 782. The van der Waals surface area contributed by atoms with Crippen molar-refractivity contribution in [2.24, 2.45) is 0 Å². The number of halogens is 3. The zero-order valence-corrected chi connectivity index (χ0v) is 12.3. The fourth-order valence-corrected chi connectivity index (χ4v) is 2.80. The topological polar surface area (TPSA) is 28.7 Å². The predicted molar refractivity (Wildman–Crippen MR) is 78.9 cm³/mol. The molecule has 1 N–H and O–H groups in total. The van der Waals surface area contributed by atoms with Crippen molar-refractivity contribution in [2.75, 3.05) is 0 Å². The van der Waals surface area contributed by atoms with Crippen LogP contribution >= 0.6 is 27.5 Å². The lowest BCUT2D eigenvalue weighted by Gasteiger charge is -1.99. The number of aromatic nitrogens is 2. The summed E-state index contributed by atoms with van der Waals surface area (Å²) in [5, 5.41) is 0.481. The molecule has 3 aromatic rings. The fraction of sp³-hybridized carbons (Fsp3) is 0.0714. The second-order valence-corrected chi connectivity index (χ2v) is 5.68. The van der Waals surface area contributed by atoms with Gasteiger partial charge in [0.15, 0.2) is 0 Å². The number of hydrogen-bond donors (Lipinski definition) is 1. The molecule has 0 aliphatic heterocycles. The van der Waals surface area contributed by atoms with Gasteiger partial charge in [-0.15, -0.1) is 0 Å². The monoisotopic (exact) mass is 338 g/mol. The number of H-pyrrole nitrogens is 1. The van der Waals surface area contributed by atoms with Crippen LogP contribution in [0, 0.1) is 12.7 Å². The highest BCUT2D eigenvalue weighted by Crippen LogP contribution is 2.28. The number of rotatable bonds is 1. The third-order valence-electron chi connectivity index (χ3n) is 2.93. The molecule has 0 aliphatic rings. The number of imidazole rings is 1. The Morgan fingerprint density at radius 3 is 2.84 bits per heavy atom. The quantitative estimate of drug-likeness (QED) is 0.657. The van der Waals surface area contributed by atoms with E-state index in [1.165, 1.54) is 12.1 Å². The molecule has 3 rings (SSSR count). The van der Waals surface area contributed by atoms with Crippen LogP contribution in [0.4, 0.5) is 4.39 Å². The summed E-state index contributed by atoms with van der Waals surface area (Å²) in [6.07, 6.45) is 0. The van der Waals surface area contributed by atoms with Crippen LogP contribution in [0.5, 0.6) is 0 Å². The molecular weight excluding hydrogens is 331 g/mol. The van der Waals surface area contributed by atoms with Crippen molar-refractivity contribution in [3.05, 3.63) is 51.2 Å². The molecule has 0 saturated carbocycles. The van der Waals surface area contributed by atoms with E-state index < -0.39 is 0 Å². The van der Waals surface area contributed by atoms with E-state index >= 15 is 0 Å². The summed E-state index contributed by atoms with van der Waals surface area (Å²) in [7, 11) is 0. The first-order valence-electron chi connectivity index (χ1n) is 5.66. The number of hydrogen-bond acceptors (Lipinski definition) is 1. The third kappa shape index (κ3) is 2.26. The minimum atomic E-state index is -0.347. The van der Waals surface area contributed by atoms with E-state index in [1.54, 1.807) is 6.07 Å². The molecule has 0 atom stereocenters. The van der Waals surface area contributed by atoms with Crippen molar-refractivity contribution in [3.63, 3.8) is 0 Å². The molecule has 0 unspecified atom stereocenters. The van der Waals surface area contributed by atoms with Crippen LogP contribution in [-0.4, -0.2) is 9.97 Å². The molecule has 1 heterocycles. The highest BCUT2D eigenvalue weighted by atomic mass is 79.9. The first kappa shape index (κ1) is 12.6. The average molecular weight is 340 g/mol. The Morgan fingerprint density at radius 2 is 2.05 bits per heavy atom. The van der Waals surface area contributed by atoms with Crippen molar-refractivity contribution in [1.29, 1.82) is 0 Å². The van der Waals surface area contributed by atoms with Gasteiger partial charge in [0.2, 0.25) is 0 Å². The van der Waals surface area contributed by atoms with Crippen LogP contribution in [0.3, 0.4) is 0 Å². The van der Waals surface area contributed by atoms with E-state index in [1.807, 2.05) is 19.1 Å². The first-order valence-corrected chi connectivity index (χ1v) is 6.83. The maximum atomic E-state index is 13.8. The summed E-state index contributed by atoms with van der Waals surface area (Å²) in [4.78, 5) is 7.57. The van der Waals surface area contributed by atoms with Gasteiger partial charge >= 0.3 is 0 Å². The minimum Gasteiger partial charge on any atom is -0.338 e. The van der Waals surface area contributed by atoms with E-state index in [9.17, 15) is 4.39 Å². The van der Waals surface area contributed by atoms with E-state index in [4.69, 9.17) is 11.6 Å². The van der Waals surface area contributed by atoms with E-state index in [0.717, 1.165) is 21.1 Å². The predicted octanol–water partition coefficient (Wildman–Crippen LogP) is 5.09. The normalized spacial score (nSPS) is 11.2. The van der Waals surface area contributed by atoms with Gasteiger partial charge < -0.3 is 4.98 Å². The molecule has 19 heavy (non-hydrogen) atoms. The molecule has 0 aliphatic carbocycles. The Kier molecular flexibility index (Phi) is 3.07. The van der Waals surface area contributed by atoms with Gasteiger partial charge in [-0.2, -0.15) is 0 Å². The number of aryl methyl sites for hydroxylation is 1. The Morgan fingerprint density at radius 1 is 1.26 bits per heavy atom. The van der Waals surface area contributed by atoms with Crippen molar-refractivity contribution >= 4 is 38.6 Å². The summed E-state index contributed by atoms with van der Waals surface area (Å²) in [6.45, 7) is 1.96. The molecule has 0 amide bonds. The van der Waals surface area contributed by atoms with Crippen molar-refractivity contribution < 1.29 is 4.39 Å². The molecule has 0 spiro atoms. The SMILES string of the molecule is Cc1cc(Br)cc2[nH]c(-c3cc(Cl)ccc3F)nc12. The van der Waals surface area contributed by atoms with Gasteiger partial charge in [-0.05, 0) is 42.8 Å². The van der Waals surface area contributed by atoms with Crippen LogP contribution in [0.2, 0.25) is 5.02 Å². The second-order valence-electron chi connectivity index (χ2n) is 4.33. The van der Waals surface area contributed by atoms with Crippen molar-refractivity contribution in [2.45, 2.75) is 6.92 Å². The summed E-state index contributed by atoms with van der Waals surface area (Å²) in [5.41, 5.74) is 3.09. The third-order valence-corrected chi connectivity index (χ3v) is 3.62. The van der Waals surface area contributed by atoms with Gasteiger partial charge in [-0.3, -0.25) is 0 Å². The average Bonchev–Trinajstić information content (AvgIpc) is 2.76. The zero-order valence-electron chi connectivity index (χ0n) is 9.97. The molecule has 0 bridgehead atoms. The standard InChI is InChI=1S/C14H9BrClFN2/c1-7-4-8(15)5-12-13(7)19-14(18-12)10-6-9(16)2-3-11(10)17/h2-6H,1H3,(H,18,19). The van der Waals surface area contributed by atoms with Gasteiger partial charge in [-0.1, -0.05) is 27.5 Å². The van der Waals surface area contributed by atoms with Crippen LogP contribution in [0.25, 0.3) is 22.4 Å². The first-order chi connectivity index (χ1) is 9.04. The van der Waals surface area contributed by atoms with Crippen molar-refractivity contribution in [1.82, 2.24) is 9.97 Å². The van der Waals surface area contributed by atoms with Gasteiger partial charge in [0.05, 0.1) is 16.6 Å². The van der Waals surface area contributed by atoms with Crippen LogP contribution in [0.1, 0.15) is 5.56 Å². The summed E-state index contributed by atoms with van der Waals surface area (Å²) in [6, 6.07) is 8.32. The highest BCUT2D eigenvalue weighted by molar-refractivity contribution is 9.10. The van der Waals surface area contributed by atoms with Crippen molar-refractivity contribution in [3.8, 4) is 11.4 Å². The maximum Gasteiger partial charge on any atom is 0.141 e. The van der Waals surface area contributed by atoms with Crippen LogP contribution < -0.4 is 0 Å². The fourth-order valence-electron chi connectivity index (χ4n) is 2.05. The molecule has 1 aromatic heterocycles. The Hall–Kier alpha value is -1.39. The molecule has 2 nitrogen and oxygen atoms in total. The molecule has 96 valence electrons. The highest BCUT2D eigenvalue weighted by Gasteiger charge is 2.12. The van der Waals surface area contributed by atoms with Gasteiger partial charge in [-0.25, -0.2) is 9.37 Å². The number of benzene rings is 2. The van der Waals surface area contributed by atoms with E-state index in [-0.39, 0.29) is 5.82 Å². The number of aromatic amines is 1. The lowest BCUT2D eigenvalue weighted by Crippen LogP contribution is -1.86. The molecular formula is C14H9BrClFN2.